The second kappa shape index (κ2) is 5.95. The minimum atomic E-state index is 0.119. The van der Waals surface area contributed by atoms with Gasteiger partial charge in [-0.2, -0.15) is 0 Å². The lowest BCUT2D eigenvalue weighted by Crippen LogP contribution is -2.35. The number of carbonyl (C=O) groups is 1. The zero-order chi connectivity index (χ0) is 15.7. The Bertz CT molecular complexity index is 689. The predicted octanol–water partition coefficient (Wildman–Crippen LogP) is 2.83. The molecular weight excluding hydrogens is 274 g/mol. The topological polar surface area (TPSA) is 38.1 Å². The highest BCUT2D eigenvalue weighted by Gasteiger charge is 2.22. The van der Waals surface area contributed by atoms with Gasteiger partial charge < -0.3 is 9.47 Å². The van der Waals surface area contributed by atoms with Gasteiger partial charge in [0.25, 0.3) is 5.91 Å². The number of benzene rings is 1. The van der Waals surface area contributed by atoms with Gasteiger partial charge in [0.15, 0.2) is 0 Å². The molecule has 0 radical (unpaired) electrons. The quantitative estimate of drug-likeness (QED) is 0.873. The summed E-state index contributed by atoms with van der Waals surface area (Å²) in [4.78, 5) is 18.9. The molecule has 0 N–H and O–H groups in total. The number of hydrogen-bond acceptors (Lipinski definition) is 2. The number of aryl methyl sites for hydroxylation is 3. The van der Waals surface area contributed by atoms with E-state index in [-0.39, 0.29) is 5.91 Å². The highest BCUT2D eigenvalue weighted by atomic mass is 16.2. The van der Waals surface area contributed by atoms with Crippen molar-refractivity contribution in [3.05, 3.63) is 53.1 Å². The van der Waals surface area contributed by atoms with Crippen LogP contribution in [0.1, 0.15) is 33.7 Å². The molecule has 0 bridgehead atoms. The molecule has 1 aromatic heterocycles. The van der Waals surface area contributed by atoms with Crippen LogP contribution in [0.15, 0.2) is 30.6 Å². The van der Waals surface area contributed by atoms with Crippen LogP contribution in [-0.4, -0.2) is 34.0 Å². The van der Waals surface area contributed by atoms with E-state index >= 15 is 0 Å². The molecule has 4 nitrogen and oxygen atoms in total. The van der Waals surface area contributed by atoms with Gasteiger partial charge in [0.1, 0.15) is 5.82 Å². The summed E-state index contributed by atoms with van der Waals surface area (Å²) < 4.78 is 2.21. The van der Waals surface area contributed by atoms with E-state index < -0.39 is 0 Å². The molecule has 0 saturated carbocycles. The number of nitrogens with zero attached hydrogens (tertiary/aromatic N) is 3. The van der Waals surface area contributed by atoms with Gasteiger partial charge >= 0.3 is 0 Å². The summed E-state index contributed by atoms with van der Waals surface area (Å²) in [6.07, 6.45) is 6.00. The molecule has 2 aromatic rings. The van der Waals surface area contributed by atoms with E-state index in [1.54, 1.807) is 0 Å². The molecule has 0 aliphatic carbocycles. The second-order valence-electron chi connectivity index (χ2n) is 6.40. The fourth-order valence-corrected chi connectivity index (χ4v) is 3.32. The van der Waals surface area contributed by atoms with Gasteiger partial charge in [-0.15, -0.1) is 0 Å². The Morgan fingerprint density at radius 3 is 3.00 bits per heavy atom. The van der Waals surface area contributed by atoms with Crippen molar-refractivity contribution in [3.63, 3.8) is 0 Å². The summed E-state index contributed by atoms with van der Waals surface area (Å²) >= 11 is 0. The lowest BCUT2D eigenvalue weighted by Gasteiger charge is -2.28. The summed E-state index contributed by atoms with van der Waals surface area (Å²) in [7, 11) is 1.91. The van der Waals surface area contributed by atoms with Gasteiger partial charge in [0.2, 0.25) is 0 Å². The largest absolute Gasteiger partial charge is 0.341 e. The van der Waals surface area contributed by atoms with Gasteiger partial charge in [-0.3, -0.25) is 4.79 Å². The van der Waals surface area contributed by atoms with Crippen LogP contribution in [0.2, 0.25) is 0 Å². The van der Waals surface area contributed by atoms with E-state index in [9.17, 15) is 4.79 Å². The van der Waals surface area contributed by atoms with Crippen LogP contribution < -0.4 is 0 Å². The van der Waals surface area contributed by atoms with Crippen molar-refractivity contribution in [1.82, 2.24) is 14.5 Å². The van der Waals surface area contributed by atoms with Crippen LogP contribution in [0.5, 0.6) is 0 Å². The van der Waals surface area contributed by atoms with Crippen LogP contribution >= 0.6 is 0 Å². The molecule has 4 heteroatoms. The summed E-state index contributed by atoms with van der Waals surface area (Å²) in [5.74, 6) is 1.79. The maximum atomic E-state index is 12.7. The number of amides is 1. The van der Waals surface area contributed by atoms with Gasteiger partial charge in [0.05, 0.1) is 0 Å². The van der Waals surface area contributed by atoms with Crippen molar-refractivity contribution in [2.45, 2.75) is 33.2 Å². The van der Waals surface area contributed by atoms with E-state index in [1.165, 1.54) is 11.4 Å². The molecule has 116 valence electrons. The molecule has 1 aliphatic rings. The Balaban J connectivity index is 1.67. The Morgan fingerprint density at radius 2 is 2.23 bits per heavy atom. The van der Waals surface area contributed by atoms with Gasteiger partial charge in [-0.25, -0.2) is 4.98 Å². The minimum absolute atomic E-state index is 0.119. The number of rotatable bonds is 3. The highest BCUT2D eigenvalue weighted by Crippen LogP contribution is 2.20. The fourth-order valence-electron chi connectivity index (χ4n) is 3.32. The van der Waals surface area contributed by atoms with Crippen molar-refractivity contribution in [3.8, 4) is 0 Å². The second-order valence-corrected chi connectivity index (χ2v) is 6.40. The van der Waals surface area contributed by atoms with Crippen molar-refractivity contribution >= 4 is 5.91 Å². The molecule has 1 atom stereocenters. The third-order valence-electron chi connectivity index (χ3n) is 4.52. The first-order chi connectivity index (χ1) is 10.5. The lowest BCUT2D eigenvalue weighted by atomic mass is 9.98. The molecular formula is C18H23N3O. The predicted molar refractivity (Wildman–Crippen MR) is 86.9 cm³/mol. The number of imidazole rings is 1. The number of fused-ring (bicyclic) bond motifs is 1. The van der Waals surface area contributed by atoms with Crippen molar-refractivity contribution < 1.29 is 4.79 Å². The number of aromatic nitrogens is 2. The van der Waals surface area contributed by atoms with E-state index in [4.69, 9.17) is 0 Å². The van der Waals surface area contributed by atoms with E-state index in [2.05, 4.69) is 22.5 Å². The molecule has 0 saturated heterocycles. The first-order valence-corrected chi connectivity index (χ1v) is 7.87. The lowest BCUT2D eigenvalue weighted by molar-refractivity contribution is 0.0760. The molecule has 1 amide bonds. The summed E-state index contributed by atoms with van der Waals surface area (Å²) in [5, 5.41) is 0. The average molecular weight is 297 g/mol. The molecule has 0 spiro atoms. The van der Waals surface area contributed by atoms with Gasteiger partial charge in [0, 0.05) is 44.5 Å². The third-order valence-corrected chi connectivity index (χ3v) is 4.52. The third kappa shape index (κ3) is 2.91. The van der Waals surface area contributed by atoms with Crippen molar-refractivity contribution in [2.24, 2.45) is 5.92 Å². The van der Waals surface area contributed by atoms with Crippen LogP contribution in [0.4, 0.5) is 0 Å². The zero-order valence-corrected chi connectivity index (χ0v) is 13.5. The van der Waals surface area contributed by atoms with Gasteiger partial charge in [-0.1, -0.05) is 17.7 Å². The van der Waals surface area contributed by atoms with E-state index in [1.807, 2.05) is 43.4 Å². The van der Waals surface area contributed by atoms with Crippen LogP contribution in [-0.2, 0) is 13.0 Å². The first kappa shape index (κ1) is 14.8. The molecule has 2 heterocycles. The first-order valence-electron chi connectivity index (χ1n) is 7.87. The maximum Gasteiger partial charge on any atom is 0.253 e. The minimum Gasteiger partial charge on any atom is -0.341 e. The monoisotopic (exact) mass is 297 g/mol. The number of hydrogen-bond donors (Lipinski definition) is 0. The molecule has 1 aromatic carbocycles. The van der Waals surface area contributed by atoms with E-state index in [0.29, 0.717) is 5.92 Å². The van der Waals surface area contributed by atoms with Crippen LogP contribution in [0.3, 0.4) is 0 Å². The molecule has 22 heavy (non-hydrogen) atoms. The normalized spacial score (nSPS) is 17.1. The Labute approximate surface area is 131 Å². The Kier molecular flexibility index (Phi) is 4.01. The standard InChI is InChI=1S/C18H23N3O/c1-13-4-6-16(14(2)10-13)18(22)20(3)11-15-5-7-17-19-8-9-21(17)12-15/h4,6,8-10,15H,5,7,11-12H2,1-3H3. The summed E-state index contributed by atoms with van der Waals surface area (Å²) in [6, 6.07) is 6.02. The summed E-state index contributed by atoms with van der Waals surface area (Å²) in [5.41, 5.74) is 3.06. The van der Waals surface area contributed by atoms with Crippen molar-refractivity contribution in [1.29, 1.82) is 0 Å². The fraction of sp³-hybridized carbons (Fsp3) is 0.444. The molecule has 0 fully saturated rings. The van der Waals surface area contributed by atoms with Crippen LogP contribution in [0.25, 0.3) is 0 Å². The molecule has 3 rings (SSSR count). The van der Waals surface area contributed by atoms with E-state index in [0.717, 1.165) is 37.1 Å². The Morgan fingerprint density at radius 1 is 1.41 bits per heavy atom. The summed E-state index contributed by atoms with van der Waals surface area (Å²) in [6.45, 7) is 5.81. The average Bonchev–Trinajstić information content (AvgIpc) is 2.94. The smallest absolute Gasteiger partial charge is 0.253 e. The molecule has 1 unspecified atom stereocenters. The van der Waals surface area contributed by atoms with Gasteiger partial charge in [-0.05, 0) is 37.8 Å². The Hall–Kier alpha value is -2.10. The molecule has 1 aliphatic heterocycles. The highest BCUT2D eigenvalue weighted by molar-refractivity contribution is 5.95. The number of carbonyl (C=O) groups excluding carboxylic acids is 1. The SMILES string of the molecule is Cc1ccc(C(=O)N(C)CC2CCc3nccn3C2)c(C)c1. The maximum absolute atomic E-state index is 12.7. The zero-order valence-electron chi connectivity index (χ0n) is 13.5. The van der Waals surface area contributed by atoms with Crippen LogP contribution in [0, 0.1) is 19.8 Å². The van der Waals surface area contributed by atoms with Crippen molar-refractivity contribution in [2.75, 3.05) is 13.6 Å².